The minimum atomic E-state index is -0.166. The number of hydrogen-bond donors (Lipinski definition) is 0. The molecule has 0 N–H and O–H groups in total. The van der Waals surface area contributed by atoms with Crippen molar-refractivity contribution in [3.8, 4) is 44.5 Å². The largest absolute Gasteiger partial charge is 0.308 e. The summed E-state index contributed by atoms with van der Waals surface area (Å²) in [6.07, 6.45) is 0. The SMILES string of the molecule is CC1(C)c2ccccc2-c2c(N(c3ccccc3-c3ccccc3)c3c(-c4cccc5cccc(-c6ccccc6)c45)c4ccccc4c4ccccc34)cccc21. The van der Waals surface area contributed by atoms with Crippen LogP contribution in [-0.2, 0) is 5.41 Å². The van der Waals surface area contributed by atoms with Crippen molar-refractivity contribution in [3.05, 3.63) is 223 Å². The maximum atomic E-state index is 2.62. The van der Waals surface area contributed by atoms with E-state index >= 15 is 0 Å². The van der Waals surface area contributed by atoms with Gasteiger partial charge in [-0.1, -0.05) is 214 Å². The lowest BCUT2D eigenvalue weighted by Gasteiger charge is -2.34. The lowest BCUT2D eigenvalue weighted by molar-refractivity contribution is 0.660. The lowest BCUT2D eigenvalue weighted by Crippen LogP contribution is -2.17. The highest BCUT2D eigenvalue weighted by molar-refractivity contribution is 6.26. The van der Waals surface area contributed by atoms with Crippen molar-refractivity contribution < 1.29 is 0 Å². The van der Waals surface area contributed by atoms with Gasteiger partial charge < -0.3 is 4.90 Å². The summed E-state index contributed by atoms with van der Waals surface area (Å²) in [7, 11) is 0. The summed E-state index contributed by atoms with van der Waals surface area (Å²) in [4.78, 5) is 2.62. The molecule has 0 heterocycles. The highest BCUT2D eigenvalue weighted by Gasteiger charge is 2.38. The molecule has 0 aliphatic heterocycles. The zero-order chi connectivity index (χ0) is 38.8. The summed E-state index contributed by atoms with van der Waals surface area (Å²) in [5.74, 6) is 0. The Hall–Kier alpha value is -7.22. The van der Waals surface area contributed by atoms with E-state index in [4.69, 9.17) is 0 Å². The molecule has 1 heteroatoms. The van der Waals surface area contributed by atoms with E-state index in [2.05, 4.69) is 231 Å². The summed E-state index contributed by atoms with van der Waals surface area (Å²) in [6, 6.07) is 78.4. The van der Waals surface area contributed by atoms with E-state index in [1.54, 1.807) is 0 Å². The fourth-order valence-electron chi connectivity index (χ4n) is 9.86. The quantitative estimate of drug-likeness (QED) is 0.154. The first-order chi connectivity index (χ1) is 28.6. The number of rotatable bonds is 6. The van der Waals surface area contributed by atoms with Gasteiger partial charge in [0, 0.05) is 27.5 Å². The van der Waals surface area contributed by atoms with Gasteiger partial charge in [0.05, 0.1) is 17.1 Å². The second-order valence-corrected chi connectivity index (χ2v) is 16.0. The van der Waals surface area contributed by atoms with Crippen LogP contribution in [0.15, 0.2) is 212 Å². The molecule has 274 valence electrons. The average molecular weight is 740 g/mol. The van der Waals surface area contributed by atoms with Gasteiger partial charge in [-0.3, -0.25) is 0 Å². The van der Waals surface area contributed by atoms with Crippen LogP contribution in [0.2, 0.25) is 0 Å². The Morgan fingerprint density at radius 2 is 0.810 bits per heavy atom. The molecule has 0 amide bonds. The number of nitrogens with zero attached hydrogens (tertiary/aromatic N) is 1. The van der Waals surface area contributed by atoms with E-state index in [0.29, 0.717) is 0 Å². The van der Waals surface area contributed by atoms with Gasteiger partial charge in [-0.15, -0.1) is 0 Å². The summed E-state index contributed by atoms with van der Waals surface area (Å²) in [5, 5.41) is 7.37. The number of fused-ring (bicyclic) bond motifs is 7. The topological polar surface area (TPSA) is 3.24 Å². The van der Waals surface area contributed by atoms with Gasteiger partial charge >= 0.3 is 0 Å². The Morgan fingerprint density at radius 3 is 1.53 bits per heavy atom. The third kappa shape index (κ3) is 5.17. The molecule has 0 saturated heterocycles. The molecule has 10 aromatic carbocycles. The molecule has 0 radical (unpaired) electrons. The lowest BCUT2D eigenvalue weighted by atomic mass is 9.82. The van der Waals surface area contributed by atoms with Gasteiger partial charge in [-0.2, -0.15) is 0 Å². The molecule has 1 nitrogen and oxygen atoms in total. The van der Waals surface area contributed by atoms with Crippen molar-refractivity contribution in [2.75, 3.05) is 4.90 Å². The third-order valence-electron chi connectivity index (χ3n) is 12.4. The molecule has 58 heavy (non-hydrogen) atoms. The van der Waals surface area contributed by atoms with Crippen LogP contribution in [0.5, 0.6) is 0 Å². The standard InChI is InChI=1S/C57H41N/c1-57(2)49-34-15-13-31-47(49)55-50(57)35-19-37-52(55)58(51-36-16-14-26-41(51)38-20-5-3-6-21-38)56-46-30-12-10-28-44(46)43-27-9-11-29-45(43)54(56)48-33-18-25-40-24-17-32-42(53(40)48)39-22-7-4-8-23-39/h3-37H,1-2H3. The van der Waals surface area contributed by atoms with Gasteiger partial charge in [-0.05, 0) is 78.0 Å². The molecule has 0 unspecified atom stereocenters. The van der Waals surface area contributed by atoms with E-state index in [-0.39, 0.29) is 5.41 Å². The molecule has 1 aliphatic carbocycles. The molecular weight excluding hydrogens is 699 g/mol. The monoisotopic (exact) mass is 739 g/mol. The van der Waals surface area contributed by atoms with Gasteiger partial charge in [0.15, 0.2) is 0 Å². The van der Waals surface area contributed by atoms with Crippen molar-refractivity contribution >= 4 is 49.4 Å². The molecule has 0 bridgehead atoms. The van der Waals surface area contributed by atoms with E-state index < -0.39 is 0 Å². The van der Waals surface area contributed by atoms with Crippen LogP contribution in [0.4, 0.5) is 17.1 Å². The Balaban J connectivity index is 1.36. The molecule has 1 aliphatic rings. The van der Waals surface area contributed by atoms with Crippen LogP contribution in [0.25, 0.3) is 76.8 Å². The first kappa shape index (κ1) is 34.1. The highest BCUT2D eigenvalue weighted by Crippen LogP contribution is 2.58. The number of hydrogen-bond acceptors (Lipinski definition) is 1. The molecule has 0 fully saturated rings. The number of para-hydroxylation sites is 1. The second kappa shape index (κ2) is 13.5. The summed E-state index contributed by atoms with van der Waals surface area (Å²) in [5.41, 5.74) is 15.8. The van der Waals surface area contributed by atoms with Gasteiger partial charge in [0.2, 0.25) is 0 Å². The first-order valence-electron chi connectivity index (χ1n) is 20.3. The second-order valence-electron chi connectivity index (χ2n) is 16.0. The Bertz CT molecular complexity index is 3190. The molecular formula is C57H41N. The zero-order valence-electron chi connectivity index (χ0n) is 32.7. The maximum Gasteiger partial charge on any atom is 0.0625 e. The normalized spacial score (nSPS) is 12.8. The van der Waals surface area contributed by atoms with Crippen LogP contribution in [-0.4, -0.2) is 0 Å². The van der Waals surface area contributed by atoms with Crippen molar-refractivity contribution in [3.63, 3.8) is 0 Å². The van der Waals surface area contributed by atoms with Crippen LogP contribution in [0, 0.1) is 0 Å². The van der Waals surface area contributed by atoms with Gasteiger partial charge in [0.25, 0.3) is 0 Å². The zero-order valence-corrected chi connectivity index (χ0v) is 32.7. The van der Waals surface area contributed by atoms with Crippen LogP contribution in [0.1, 0.15) is 25.0 Å². The van der Waals surface area contributed by atoms with Crippen LogP contribution in [0.3, 0.4) is 0 Å². The van der Waals surface area contributed by atoms with E-state index in [0.717, 1.165) is 5.69 Å². The predicted octanol–water partition coefficient (Wildman–Crippen LogP) is 15.9. The molecule has 0 atom stereocenters. The van der Waals surface area contributed by atoms with Crippen molar-refractivity contribution in [2.45, 2.75) is 19.3 Å². The third-order valence-corrected chi connectivity index (χ3v) is 12.4. The van der Waals surface area contributed by atoms with Gasteiger partial charge in [-0.25, -0.2) is 0 Å². The maximum absolute atomic E-state index is 2.62. The summed E-state index contributed by atoms with van der Waals surface area (Å²) >= 11 is 0. The van der Waals surface area contributed by atoms with E-state index in [1.807, 2.05) is 0 Å². The highest BCUT2D eigenvalue weighted by atomic mass is 15.2. The fourth-order valence-corrected chi connectivity index (χ4v) is 9.86. The average Bonchev–Trinajstić information content (AvgIpc) is 3.53. The van der Waals surface area contributed by atoms with Crippen molar-refractivity contribution in [1.82, 2.24) is 0 Å². The van der Waals surface area contributed by atoms with Crippen LogP contribution < -0.4 is 4.90 Å². The van der Waals surface area contributed by atoms with Gasteiger partial charge in [0.1, 0.15) is 0 Å². The number of anilines is 3. The molecule has 0 spiro atoms. The number of benzene rings is 10. The van der Waals surface area contributed by atoms with Crippen molar-refractivity contribution in [1.29, 1.82) is 0 Å². The predicted molar refractivity (Wildman–Crippen MR) is 248 cm³/mol. The summed E-state index contributed by atoms with van der Waals surface area (Å²) in [6.45, 7) is 4.75. The molecule has 11 rings (SSSR count). The summed E-state index contributed by atoms with van der Waals surface area (Å²) < 4.78 is 0. The van der Waals surface area contributed by atoms with Crippen molar-refractivity contribution in [2.24, 2.45) is 0 Å². The molecule has 10 aromatic rings. The van der Waals surface area contributed by atoms with E-state index in [9.17, 15) is 0 Å². The smallest absolute Gasteiger partial charge is 0.0625 e. The minimum absolute atomic E-state index is 0.166. The molecule has 0 aromatic heterocycles. The fraction of sp³-hybridized carbons (Fsp3) is 0.0526. The Morgan fingerprint density at radius 1 is 0.328 bits per heavy atom. The van der Waals surface area contributed by atoms with Crippen LogP contribution >= 0.6 is 0 Å². The Kier molecular flexibility index (Phi) is 7.91. The molecule has 0 saturated carbocycles. The first-order valence-corrected chi connectivity index (χ1v) is 20.3. The van der Waals surface area contributed by atoms with E-state index in [1.165, 1.54) is 99.3 Å². The Labute approximate surface area is 340 Å². The minimum Gasteiger partial charge on any atom is -0.308 e.